The first kappa shape index (κ1) is 22.6. The summed E-state index contributed by atoms with van der Waals surface area (Å²) < 4.78 is 1.81. The van der Waals surface area contributed by atoms with Crippen LogP contribution in [0.3, 0.4) is 0 Å². The van der Waals surface area contributed by atoms with Crippen LogP contribution < -0.4 is 4.90 Å². The largest absolute Gasteiger partial charge is 0.368 e. The second-order valence-corrected chi connectivity index (χ2v) is 10.5. The maximum atomic E-state index is 12.5. The molecule has 1 amide bonds. The summed E-state index contributed by atoms with van der Waals surface area (Å²) in [6.45, 7) is 5.91. The van der Waals surface area contributed by atoms with Gasteiger partial charge in [-0.2, -0.15) is 10.1 Å². The topological polar surface area (TPSA) is 69.3 Å². The van der Waals surface area contributed by atoms with Crippen molar-refractivity contribution < 1.29 is 4.79 Å². The normalized spacial score (nSPS) is 20.5. The molecule has 0 aliphatic carbocycles. The predicted molar refractivity (Wildman–Crippen MR) is 142 cm³/mol. The van der Waals surface area contributed by atoms with Gasteiger partial charge in [-0.25, -0.2) is 9.50 Å². The first-order valence-electron chi connectivity index (χ1n) is 11.9. The molecule has 3 aliphatic heterocycles. The molecule has 35 heavy (non-hydrogen) atoms. The van der Waals surface area contributed by atoms with Crippen molar-refractivity contribution in [3.05, 3.63) is 52.2 Å². The molecular weight excluding hydrogens is 482 g/mol. The quantitative estimate of drug-likeness (QED) is 0.498. The highest BCUT2D eigenvalue weighted by Crippen LogP contribution is 2.33. The molecule has 180 valence electrons. The number of likely N-dealkylation sites (tertiary alicyclic amines) is 1. The Bertz CT molecular complexity index is 1350. The van der Waals surface area contributed by atoms with Gasteiger partial charge in [0.1, 0.15) is 0 Å². The van der Waals surface area contributed by atoms with Gasteiger partial charge in [0.15, 0.2) is 10.8 Å². The summed E-state index contributed by atoms with van der Waals surface area (Å²) in [5, 5.41) is 6.30. The molecule has 8 nitrogen and oxygen atoms in total. The molecule has 5 heterocycles. The number of anilines is 1. The highest BCUT2D eigenvalue weighted by molar-refractivity contribution is 8.18. The lowest BCUT2D eigenvalue weighted by Crippen LogP contribution is -2.44. The van der Waals surface area contributed by atoms with Gasteiger partial charge in [-0.1, -0.05) is 17.7 Å². The van der Waals surface area contributed by atoms with Gasteiger partial charge in [0.05, 0.1) is 33.2 Å². The van der Waals surface area contributed by atoms with Crippen molar-refractivity contribution >= 4 is 51.8 Å². The summed E-state index contributed by atoms with van der Waals surface area (Å²) in [6.07, 6.45) is 5.92. The predicted octanol–water partition coefficient (Wildman–Crippen LogP) is 3.87. The van der Waals surface area contributed by atoms with E-state index in [1.165, 1.54) is 11.8 Å². The average Bonchev–Trinajstić information content (AvgIpc) is 3.60. The number of hydrogen-bond acceptors (Lipinski definition) is 7. The Morgan fingerprint density at radius 2 is 1.80 bits per heavy atom. The summed E-state index contributed by atoms with van der Waals surface area (Å²) in [7, 11) is 2.14. The van der Waals surface area contributed by atoms with Crippen molar-refractivity contribution in [3.8, 4) is 11.3 Å². The molecule has 2 saturated heterocycles. The smallest absolute Gasteiger partial charge is 0.286 e. The number of rotatable bonds is 3. The van der Waals surface area contributed by atoms with Crippen molar-refractivity contribution in [1.82, 2.24) is 24.4 Å². The van der Waals surface area contributed by atoms with E-state index in [1.54, 1.807) is 4.52 Å². The molecular formula is C25H26ClN7OS. The second kappa shape index (κ2) is 9.29. The maximum Gasteiger partial charge on any atom is 0.286 e. The number of carbonyl (C=O) groups is 1. The van der Waals surface area contributed by atoms with Gasteiger partial charge in [-0.05, 0) is 62.0 Å². The molecule has 0 N–H and O–H groups in total. The number of aliphatic imine (C=N–C) groups is 1. The Balaban J connectivity index is 1.27. The molecule has 0 saturated carbocycles. The van der Waals surface area contributed by atoms with Gasteiger partial charge >= 0.3 is 0 Å². The van der Waals surface area contributed by atoms with E-state index >= 15 is 0 Å². The number of fused-ring (bicyclic) bond motifs is 1. The van der Waals surface area contributed by atoms with Crippen molar-refractivity contribution in [2.24, 2.45) is 4.99 Å². The molecule has 0 radical (unpaired) electrons. The molecule has 0 atom stereocenters. The fourth-order valence-electron chi connectivity index (χ4n) is 4.71. The number of benzene rings is 1. The molecule has 3 aliphatic rings. The Labute approximate surface area is 213 Å². The van der Waals surface area contributed by atoms with Gasteiger partial charge in [0.2, 0.25) is 0 Å². The highest BCUT2D eigenvalue weighted by Gasteiger charge is 2.28. The molecule has 6 rings (SSSR count). The number of halogens is 1. The number of amides is 1. The first-order valence-corrected chi connectivity index (χ1v) is 13.1. The molecule has 10 heteroatoms. The standard InChI is InChI=1S/C25H26ClN7OS/c1-30-10-12-31(13-11-30)20-6-4-17(14-19(20)26)21-16-27-23-7-5-18(29-33(21)23)15-22-24(34)28-25(35-22)32-8-2-3-9-32/h4-7,14-16H,2-3,8-13H2,1H3. The van der Waals surface area contributed by atoms with Crippen LogP contribution in [-0.2, 0) is 4.79 Å². The number of aromatic nitrogens is 3. The third-order valence-electron chi connectivity index (χ3n) is 6.74. The third-order valence-corrected chi connectivity index (χ3v) is 8.08. The Morgan fingerprint density at radius 1 is 1.00 bits per heavy atom. The molecule has 0 spiro atoms. The second-order valence-electron chi connectivity index (χ2n) is 9.13. The van der Waals surface area contributed by atoms with Crippen LogP contribution in [0.5, 0.6) is 0 Å². The lowest BCUT2D eigenvalue weighted by atomic mass is 10.1. The lowest BCUT2D eigenvalue weighted by molar-refractivity contribution is -0.113. The summed E-state index contributed by atoms with van der Waals surface area (Å²) in [4.78, 5) is 28.7. The van der Waals surface area contributed by atoms with Crippen LogP contribution in [0, 0.1) is 0 Å². The van der Waals surface area contributed by atoms with Gasteiger partial charge in [0, 0.05) is 44.8 Å². The molecule has 0 bridgehead atoms. The minimum absolute atomic E-state index is 0.198. The molecule has 2 fully saturated rings. The zero-order valence-electron chi connectivity index (χ0n) is 19.5. The van der Waals surface area contributed by atoms with Crippen molar-refractivity contribution in [1.29, 1.82) is 0 Å². The van der Waals surface area contributed by atoms with Crippen LogP contribution in [-0.4, -0.2) is 81.8 Å². The third kappa shape index (κ3) is 4.44. The Morgan fingerprint density at radius 3 is 2.57 bits per heavy atom. The molecule has 3 aromatic rings. The van der Waals surface area contributed by atoms with E-state index in [0.29, 0.717) is 10.6 Å². The molecule has 0 unspecified atom stereocenters. The summed E-state index contributed by atoms with van der Waals surface area (Å²) in [6, 6.07) is 9.93. The SMILES string of the molecule is CN1CCN(c2ccc(-c3cnc4ccc(C=C5SC(N6CCCC6)=NC5=O)nn34)cc2Cl)CC1. The zero-order chi connectivity index (χ0) is 23.9. The fraction of sp³-hybridized carbons (Fsp3) is 0.360. The number of hydrogen-bond donors (Lipinski definition) is 0. The number of likely N-dealkylation sites (N-methyl/N-ethyl adjacent to an activating group) is 1. The maximum absolute atomic E-state index is 12.5. The van der Waals surface area contributed by atoms with Crippen LogP contribution >= 0.6 is 23.4 Å². The van der Waals surface area contributed by atoms with E-state index in [9.17, 15) is 4.79 Å². The van der Waals surface area contributed by atoms with Crippen LogP contribution in [0.2, 0.25) is 5.02 Å². The van der Waals surface area contributed by atoms with Crippen molar-refractivity contribution in [2.75, 3.05) is 51.2 Å². The zero-order valence-corrected chi connectivity index (χ0v) is 21.1. The summed E-state index contributed by atoms with van der Waals surface area (Å²) >= 11 is 8.16. The first-order chi connectivity index (χ1) is 17.0. The van der Waals surface area contributed by atoms with Crippen LogP contribution in [0.1, 0.15) is 18.5 Å². The minimum atomic E-state index is -0.198. The molecule has 2 aromatic heterocycles. The van der Waals surface area contributed by atoms with Crippen molar-refractivity contribution in [2.45, 2.75) is 12.8 Å². The van der Waals surface area contributed by atoms with Gasteiger partial charge in [-0.15, -0.1) is 0 Å². The number of thioether (sulfide) groups is 1. The summed E-state index contributed by atoms with van der Waals surface area (Å²) in [5.41, 5.74) is 4.28. The highest BCUT2D eigenvalue weighted by atomic mass is 35.5. The molecule has 1 aromatic carbocycles. The summed E-state index contributed by atoms with van der Waals surface area (Å²) in [5.74, 6) is -0.198. The Kier molecular flexibility index (Phi) is 5.99. The lowest BCUT2D eigenvalue weighted by Gasteiger charge is -2.34. The van der Waals surface area contributed by atoms with Gasteiger partial charge in [0.25, 0.3) is 5.91 Å². The van der Waals surface area contributed by atoms with E-state index in [4.69, 9.17) is 16.7 Å². The number of nitrogens with zero attached hydrogens (tertiary/aromatic N) is 7. The van der Waals surface area contributed by atoms with E-state index in [2.05, 4.69) is 43.9 Å². The van der Waals surface area contributed by atoms with E-state index in [1.807, 2.05) is 30.5 Å². The Hall–Kier alpha value is -2.88. The number of piperazine rings is 1. The number of amidine groups is 1. The van der Waals surface area contributed by atoms with E-state index in [-0.39, 0.29) is 5.91 Å². The van der Waals surface area contributed by atoms with Crippen LogP contribution in [0.25, 0.3) is 23.0 Å². The van der Waals surface area contributed by atoms with Crippen LogP contribution in [0.4, 0.5) is 5.69 Å². The van der Waals surface area contributed by atoms with Crippen LogP contribution in [0.15, 0.2) is 46.4 Å². The average molecular weight is 508 g/mol. The fourth-order valence-corrected chi connectivity index (χ4v) is 5.96. The monoisotopic (exact) mass is 507 g/mol. The van der Waals surface area contributed by atoms with E-state index in [0.717, 1.165) is 84.9 Å². The van der Waals surface area contributed by atoms with Gasteiger partial charge < -0.3 is 14.7 Å². The number of imidazole rings is 1. The number of carbonyl (C=O) groups excluding carboxylic acids is 1. The van der Waals surface area contributed by atoms with Gasteiger partial charge in [-0.3, -0.25) is 4.79 Å². The van der Waals surface area contributed by atoms with Crippen molar-refractivity contribution in [3.63, 3.8) is 0 Å². The van der Waals surface area contributed by atoms with E-state index < -0.39 is 0 Å². The minimum Gasteiger partial charge on any atom is -0.368 e.